The maximum Gasteiger partial charge on any atom is 0.325 e. The second kappa shape index (κ2) is 9.54. The molecule has 1 rings (SSSR count). The van der Waals surface area contributed by atoms with Crippen molar-refractivity contribution in [3.05, 3.63) is 0 Å². The molecule has 0 amide bonds. The first-order valence-corrected chi connectivity index (χ1v) is 9.53. The second-order valence-corrected chi connectivity index (χ2v) is 7.69. The molecule has 11 heteroatoms. The van der Waals surface area contributed by atoms with Crippen LogP contribution in [0.1, 0.15) is 6.92 Å². The van der Waals surface area contributed by atoms with E-state index in [-0.39, 0.29) is 13.2 Å². The minimum absolute atomic E-state index is 0.153. The third kappa shape index (κ3) is 6.30. The highest BCUT2D eigenvalue weighted by Crippen LogP contribution is 2.44. The Morgan fingerprint density at radius 1 is 1.21 bits per heavy atom. The first-order valence-electron chi connectivity index (χ1n) is 7.50. The van der Waals surface area contributed by atoms with Gasteiger partial charge in [0.1, 0.15) is 30.5 Å². The maximum atomic E-state index is 11.4. The smallest absolute Gasteiger partial charge is 0.325 e. The van der Waals surface area contributed by atoms with Crippen LogP contribution in [0.25, 0.3) is 0 Å². The molecule has 5 N–H and O–H groups in total. The zero-order valence-electron chi connectivity index (χ0n) is 13.9. The number of hydrogen-bond acceptors (Lipinski definition) is 9. The normalized spacial score (nSPS) is 33.8. The van der Waals surface area contributed by atoms with Crippen molar-refractivity contribution in [1.29, 1.82) is 0 Å². The van der Waals surface area contributed by atoms with Gasteiger partial charge in [-0.05, 0) is 0 Å². The van der Waals surface area contributed by atoms with Crippen molar-refractivity contribution in [2.24, 2.45) is 5.92 Å². The molecule has 0 bridgehead atoms. The van der Waals surface area contributed by atoms with E-state index in [2.05, 4.69) is 4.74 Å². The summed E-state index contributed by atoms with van der Waals surface area (Å²) in [4.78, 5) is 9.34. The Labute approximate surface area is 140 Å². The summed E-state index contributed by atoms with van der Waals surface area (Å²) in [6.45, 7) is 1.72. The second-order valence-electron chi connectivity index (χ2n) is 5.87. The molecule has 1 heterocycles. The Morgan fingerprint density at radius 3 is 2.29 bits per heavy atom. The van der Waals surface area contributed by atoms with Crippen molar-refractivity contribution in [1.82, 2.24) is 0 Å². The van der Waals surface area contributed by atoms with E-state index in [9.17, 15) is 29.9 Å². The molecule has 5 unspecified atom stereocenters. The minimum atomic E-state index is -3.79. The van der Waals surface area contributed by atoms with E-state index in [1.54, 1.807) is 6.92 Å². The van der Waals surface area contributed by atoms with Crippen LogP contribution in [0.15, 0.2) is 0 Å². The Kier molecular flexibility index (Phi) is 8.71. The van der Waals surface area contributed by atoms with Crippen molar-refractivity contribution in [3.8, 4) is 0 Å². The number of ether oxygens (including phenoxy) is 3. The van der Waals surface area contributed by atoms with Crippen LogP contribution in [-0.2, 0) is 23.3 Å². The van der Waals surface area contributed by atoms with Crippen LogP contribution in [0, 0.1) is 5.92 Å². The van der Waals surface area contributed by atoms with E-state index >= 15 is 0 Å². The van der Waals surface area contributed by atoms with E-state index in [0.29, 0.717) is 0 Å². The highest BCUT2D eigenvalue weighted by Gasteiger charge is 2.45. The van der Waals surface area contributed by atoms with E-state index in [1.165, 1.54) is 7.11 Å². The molecule has 0 aromatic heterocycles. The number of methoxy groups -OCH3 is 1. The topological polar surface area (TPSA) is 155 Å². The molecule has 0 aromatic carbocycles. The van der Waals surface area contributed by atoms with Gasteiger partial charge in [-0.2, -0.15) is 0 Å². The summed E-state index contributed by atoms with van der Waals surface area (Å²) in [6.07, 6.45) is -6.78. The Bertz CT molecular complexity index is 416. The molecule has 8 atom stereocenters. The Hall–Kier alpha value is -0.130. The largest absolute Gasteiger partial charge is 0.394 e. The molecule has 0 spiro atoms. The predicted molar refractivity (Wildman–Crippen MR) is 81.4 cm³/mol. The van der Waals surface area contributed by atoms with Gasteiger partial charge in [0.15, 0.2) is 6.29 Å². The van der Waals surface area contributed by atoms with Gasteiger partial charge in [0.2, 0.25) is 0 Å². The minimum Gasteiger partial charge on any atom is -0.394 e. The molecular formula is C13H27O10P. The van der Waals surface area contributed by atoms with Crippen molar-refractivity contribution in [2.75, 3.05) is 33.6 Å². The summed E-state index contributed by atoms with van der Waals surface area (Å²) in [5, 5.41) is 38.4. The fourth-order valence-electron chi connectivity index (χ4n) is 2.41. The van der Waals surface area contributed by atoms with Crippen molar-refractivity contribution >= 4 is 7.60 Å². The van der Waals surface area contributed by atoms with Gasteiger partial charge in [-0.3, -0.25) is 4.57 Å². The SMILES string of the molecule is COCC(O)C(O)C(O)CO[C@@H]1O[C@H](CO)[C@H](OP(C)(=O)O)C1C. The zero-order chi connectivity index (χ0) is 18.5. The molecule has 24 heavy (non-hydrogen) atoms. The van der Waals surface area contributed by atoms with Crippen molar-refractivity contribution in [3.63, 3.8) is 0 Å². The third-order valence-electron chi connectivity index (χ3n) is 3.68. The monoisotopic (exact) mass is 374 g/mol. The Balaban J connectivity index is 2.57. The number of aliphatic hydroxyl groups excluding tert-OH is 4. The average Bonchev–Trinajstić information content (AvgIpc) is 2.78. The van der Waals surface area contributed by atoms with Gasteiger partial charge in [-0.15, -0.1) is 0 Å². The lowest BCUT2D eigenvalue weighted by molar-refractivity contribution is -0.183. The molecule has 1 fully saturated rings. The number of hydrogen-bond donors (Lipinski definition) is 5. The quantitative estimate of drug-likeness (QED) is 0.279. The molecule has 1 aliphatic heterocycles. The van der Waals surface area contributed by atoms with Gasteiger partial charge in [-0.25, -0.2) is 0 Å². The van der Waals surface area contributed by atoms with Gasteiger partial charge < -0.3 is 44.1 Å². The van der Waals surface area contributed by atoms with E-state index in [4.69, 9.17) is 14.0 Å². The molecule has 0 radical (unpaired) electrons. The lowest BCUT2D eigenvalue weighted by Gasteiger charge is -2.25. The summed E-state index contributed by atoms with van der Waals surface area (Å²) in [6, 6.07) is 0. The zero-order valence-corrected chi connectivity index (χ0v) is 14.8. The molecule has 144 valence electrons. The van der Waals surface area contributed by atoms with Crippen LogP contribution < -0.4 is 0 Å². The number of aliphatic hydroxyl groups is 4. The van der Waals surface area contributed by atoms with Crippen molar-refractivity contribution < 1.29 is 48.6 Å². The van der Waals surface area contributed by atoms with Gasteiger partial charge in [-0.1, -0.05) is 6.92 Å². The van der Waals surface area contributed by atoms with Crippen LogP contribution in [0.3, 0.4) is 0 Å². The Morgan fingerprint density at radius 2 is 1.79 bits per heavy atom. The van der Waals surface area contributed by atoms with Gasteiger partial charge in [0.25, 0.3) is 0 Å². The van der Waals surface area contributed by atoms with Crippen LogP contribution in [0.4, 0.5) is 0 Å². The fraction of sp³-hybridized carbons (Fsp3) is 1.00. The molecule has 1 saturated heterocycles. The molecule has 0 aromatic rings. The summed E-state index contributed by atoms with van der Waals surface area (Å²) in [5.74, 6) is -0.504. The highest BCUT2D eigenvalue weighted by atomic mass is 31.2. The van der Waals surface area contributed by atoms with E-state index < -0.39 is 56.9 Å². The predicted octanol–water partition coefficient (Wildman–Crippen LogP) is -1.71. The summed E-state index contributed by atoms with van der Waals surface area (Å²) < 4.78 is 31.9. The molecule has 0 aliphatic carbocycles. The summed E-state index contributed by atoms with van der Waals surface area (Å²) >= 11 is 0. The highest BCUT2D eigenvalue weighted by molar-refractivity contribution is 7.51. The average molecular weight is 374 g/mol. The van der Waals surface area contributed by atoms with Crippen LogP contribution >= 0.6 is 7.60 Å². The lowest BCUT2D eigenvalue weighted by Crippen LogP contribution is -2.43. The van der Waals surface area contributed by atoms with Crippen LogP contribution in [0.5, 0.6) is 0 Å². The summed E-state index contributed by atoms with van der Waals surface area (Å²) in [7, 11) is -2.44. The first kappa shape index (κ1) is 21.9. The molecular weight excluding hydrogens is 347 g/mol. The molecule has 0 saturated carbocycles. The van der Waals surface area contributed by atoms with Gasteiger partial charge in [0.05, 0.1) is 19.8 Å². The fourth-order valence-corrected chi connectivity index (χ4v) is 3.19. The standard InChI is InChI=1S/C13H27O10P/c1-7-12(23-24(3,18)19)10(4-14)22-13(7)21-6-9(16)11(17)8(15)5-20-2/h7-17H,4-6H2,1-3H3,(H,18,19)/t7?,8?,9?,10-,11?,12-,13-/m1/s1. The van der Waals surface area contributed by atoms with Gasteiger partial charge >= 0.3 is 7.60 Å². The van der Waals surface area contributed by atoms with Gasteiger partial charge in [0, 0.05) is 19.7 Å². The molecule has 1 aliphatic rings. The summed E-state index contributed by atoms with van der Waals surface area (Å²) in [5.41, 5.74) is 0. The van der Waals surface area contributed by atoms with E-state index in [1.807, 2.05) is 0 Å². The van der Waals surface area contributed by atoms with Crippen molar-refractivity contribution in [2.45, 2.75) is 43.7 Å². The maximum absolute atomic E-state index is 11.4. The first-order chi connectivity index (χ1) is 11.1. The third-order valence-corrected chi connectivity index (χ3v) is 4.31. The van der Waals surface area contributed by atoms with Crippen LogP contribution in [-0.4, -0.2) is 95.7 Å². The lowest BCUT2D eigenvalue weighted by atomic mass is 10.0. The molecule has 10 nitrogen and oxygen atoms in total. The van der Waals surface area contributed by atoms with E-state index in [0.717, 1.165) is 6.66 Å². The van der Waals surface area contributed by atoms with Crippen LogP contribution in [0.2, 0.25) is 0 Å². The number of rotatable bonds is 10.